The topological polar surface area (TPSA) is 102 Å². The van der Waals surface area contributed by atoms with E-state index in [4.69, 9.17) is 21.2 Å². The third-order valence-electron chi connectivity index (χ3n) is 5.95. The Morgan fingerprint density at radius 1 is 0.971 bits per heavy atom. The van der Waals surface area contributed by atoms with Gasteiger partial charge in [-0.25, -0.2) is 9.96 Å². The number of benzene rings is 3. The Labute approximate surface area is 199 Å². The third-order valence-corrected chi connectivity index (χ3v) is 6.20. The molecule has 0 bridgehead atoms. The first-order valence-corrected chi connectivity index (χ1v) is 10.7. The number of fused-ring (bicyclic) bond motifs is 1. The van der Waals surface area contributed by atoms with Gasteiger partial charge in [0.05, 0.1) is 29.4 Å². The average molecular weight is 480 g/mol. The van der Waals surface area contributed by atoms with E-state index in [0.717, 1.165) is 4.90 Å². The van der Waals surface area contributed by atoms with Gasteiger partial charge in [0.1, 0.15) is 11.7 Å². The highest BCUT2D eigenvalue weighted by atomic mass is 35.5. The van der Waals surface area contributed by atoms with Crippen LogP contribution in [-0.4, -0.2) is 30.0 Å². The molecule has 3 atom stereocenters. The van der Waals surface area contributed by atoms with Crippen LogP contribution in [0.4, 0.5) is 17.1 Å². The van der Waals surface area contributed by atoms with Crippen molar-refractivity contribution in [3.8, 4) is 5.75 Å². The Kier molecular flexibility index (Phi) is 5.43. The highest BCUT2D eigenvalue weighted by molar-refractivity contribution is 6.30. The molecular formula is C24H18ClN3O6. The first-order chi connectivity index (χ1) is 16.4. The van der Waals surface area contributed by atoms with Crippen LogP contribution in [-0.2, 0) is 14.4 Å². The van der Waals surface area contributed by atoms with Crippen molar-refractivity contribution >= 4 is 40.5 Å². The maximum atomic E-state index is 13.6. The molecule has 2 aliphatic rings. The molecule has 34 heavy (non-hydrogen) atoms. The SMILES string of the molecule is COc1ccc(N2C(=O)C3ON(c4ccc(Cl)cc4)C(c4cccc([N+](=O)[O-])c4)C3C2=O)cc1. The lowest BCUT2D eigenvalue weighted by atomic mass is 9.90. The van der Waals surface area contributed by atoms with Crippen LogP contribution in [0.3, 0.4) is 0 Å². The van der Waals surface area contributed by atoms with E-state index in [2.05, 4.69) is 0 Å². The van der Waals surface area contributed by atoms with E-state index in [-0.39, 0.29) is 5.69 Å². The number of halogens is 1. The van der Waals surface area contributed by atoms with Gasteiger partial charge in [-0.2, -0.15) is 0 Å². The van der Waals surface area contributed by atoms with Gasteiger partial charge >= 0.3 is 0 Å². The van der Waals surface area contributed by atoms with Gasteiger partial charge in [-0.15, -0.1) is 0 Å². The number of methoxy groups -OCH3 is 1. The minimum absolute atomic E-state index is 0.124. The molecule has 2 aliphatic heterocycles. The summed E-state index contributed by atoms with van der Waals surface area (Å²) in [6.07, 6.45) is -1.09. The van der Waals surface area contributed by atoms with Crippen molar-refractivity contribution in [1.82, 2.24) is 0 Å². The van der Waals surface area contributed by atoms with E-state index in [1.54, 1.807) is 60.7 Å². The number of nitro benzene ring substituents is 1. The predicted molar refractivity (Wildman–Crippen MR) is 124 cm³/mol. The molecule has 0 aliphatic carbocycles. The lowest BCUT2D eigenvalue weighted by Gasteiger charge is -2.28. The van der Waals surface area contributed by atoms with Gasteiger partial charge in [-0.05, 0) is 54.1 Å². The number of carbonyl (C=O) groups excluding carboxylic acids is 2. The molecule has 3 unspecified atom stereocenters. The maximum Gasteiger partial charge on any atom is 0.269 e. The number of ether oxygens (including phenoxy) is 1. The molecule has 0 saturated carbocycles. The van der Waals surface area contributed by atoms with Gasteiger partial charge in [0, 0.05) is 17.2 Å². The minimum atomic E-state index is -1.09. The molecule has 3 aromatic carbocycles. The molecule has 10 heteroatoms. The summed E-state index contributed by atoms with van der Waals surface area (Å²) in [5, 5.41) is 13.4. The van der Waals surface area contributed by atoms with Crippen LogP contribution in [0.25, 0.3) is 0 Å². The molecule has 9 nitrogen and oxygen atoms in total. The molecule has 2 heterocycles. The molecule has 0 N–H and O–H groups in total. The number of hydroxylamine groups is 1. The summed E-state index contributed by atoms with van der Waals surface area (Å²) in [5.74, 6) is -1.28. The van der Waals surface area contributed by atoms with E-state index >= 15 is 0 Å². The van der Waals surface area contributed by atoms with Crippen LogP contribution in [0, 0.1) is 16.0 Å². The molecule has 0 spiro atoms. The fraction of sp³-hybridized carbons (Fsp3) is 0.167. The highest BCUT2D eigenvalue weighted by Crippen LogP contribution is 2.48. The molecular weight excluding hydrogens is 462 g/mol. The third kappa shape index (κ3) is 3.55. The number of rotatable bonds is 5. The van der Waals surface area contributed by atoms with E-state index in [1.807, 2.05) is 0 Å². The molecule has 2 amide bonds. The molecule has 2 saturated heterocycles. The molecule has 2 fully saturated rings. The molecule has 0 aromatic heterocycles. The number of anilines is 2. The van der Waals surface area contributed by atoms with Crippen LogP contribution >= 0.6 is 11.6 Å². The number of hydrogen-bond acceptors (Lipinski definition) is 7. The number of nitrogens with zero attached hydrogens (tertiary/aromatic N) is 3. The van der Waals surface area contributed by atoms with E-state index in [0.29, 0.717) is 27.7 Å². The van der Waals surface area contributed by atoms with Crippen LogP contribution in [0.2, 0.25) is 5.02 Å². The van der Waals surface area contributed by atoms with Crippen molar-refractivity contribution < 1.29 is 24.1 Å². The van der Waals surface area contributed by atoms with E-state index in [1.165, 1.54) is 24.3 Å². The van der Waals surface area contributed by atoms with Gasteiger partial charge in [0.2, 0.25) is 5.91 Å². The zero-order valence-electron chi connectivity index (χ0n) is 17.8. The van der Waals surface area contributed by atoms with Crippen LogP contribution in [0.5, 0.6) is 5.75 Å². The Morgan fingerprint density at radius 3 is 2.29 bits per heavy atom. The van der Waals surface area contributed by atoms with Crippen molar-refractivity contribution in [3.63, 3.8) is 0 Å². The van der Waals surface area contributed by atoms with Crippen LogP contribution in [0.15, 0.2) is 72.8 Å². The smallest absolute Gasteiger partial charge is 0.269 e. The first-order valence-electron chi connectivity index (χ1n) is 10.4. The van der Waals surface area contributed by atoms with Crippen LogP contribution < -0.4 is 14.7 Å². The van der Waals surface area contributed by atoms with Gasteiger partial charge in [-0.1, -0.05) is 23.7 Å². The highest BCUT2D eigenvalue weighted by Gasteiger charge is 2.60. The van der Waals surface area contributed by atoms with Gasteiger partial charge < -0.3 is 4.74 Å². The van der Waals surface area contributed by atoms with Crippen molar-refractivity contribution in [2.45, 2.75) is 12.1 Å². The zero-order chi connectivity index (χ0) is 24.0. The average Bonchev–Trinajstić information content (AvgIpc) is 3.35. The number of amides is 2. The number of non-ortho nitro benzene ring substituents is 1. The van der Waals surface area contributed by atoms with Gasteiger partial charge in [-0.3, -0.25) is 24.5 Å². The molecule has 0 radical (unpaired) electrons. The largest absolute Gasteiger partial charge is 0.497 e. The summed E-state index contributed by atoms with van der Waals surface area (Å²) in [6, 6.07) is 18.5. The summed E-state index contributed by atoms with van der Waals surface area (Å²) < 4.78 is 5.15. The second-order valence-electron chi connectivity index (χ2n) is 7.86. The van der Waals surface area contributed by atoms with E-state index in [9.17, 15) is 19.7 Å². The monoisotopic (exact) mass is 479 g/mol. The molecule has 5 rings (SSSR count). The maximum absolute atomic E-state index is 13.6. The number of imide groups is 1. The predicted octanol–water partition coefficient (Wildman–Crippen LogP) is 4.31. The summed E-state index contributed by atoms with van der Waals surface area (Å²) in [7, 11) is 1.52. The Bertz CT molecular complexity index is 1280. The Morgan fingerprint density at radius 2 is 1.65 bits per heavy atom. The lowest BCUT2D eigenvalue weighted by molar-refractivity contribution is -0.384. The van der Waals surface area contributed by atoms with Crippen molar-refractivity contribution in [2.75, 3.05) is 17.1 Å². The summed E-state index contributed by atoms with van der Waals surface area (Å²) in [5.41, 5.74) is 1.31. The summed E-state index contributed by atoms with van der Waals surface area (Å²) in [6.45, 7) is 0. The van der Waals surface area contributed by atoms with Gasteiger partial charge in [0.15, 0.2) is 6.10 Å². The lowest BCUT2D eigenvalue weighted by Crippen LogP contribution is -2.37. The Balaban J connectivity index is 1.58. The number of hydrogen-bond donors (Lipinski definition) is 0. The van der Waals surface area contributed by atoms with E-state index < -0.39 is 34.8 Å². The summed E-state index contributed by atoms with van der Waals surface area (Å²) >= 11 is 6.02. The first kappa shape index (κ1) is 21.9. The number of carbonyl (C=O) groups is 2. The fourth-order valence-electron chi connectivity index (χ4n) is 4.37. The summed E-state index contributed by atoms with van der Waals surface area (Å²) in [4.78, 5) is 45.0. The van der Waals surface area contributed by atoms with Crippen molar-refractivity contribution in [2.24, 2.45) is 5.92 Å². The Hall–Kier alpha value is -3.95. The zero-order valence-corrected chi connectivity index (χ0v) is 18.6. The van der Waals surface area contributed by atoms with Crippen molar-refractivity contribution in [3.05, 3.63) is 93.5 Å². The fourth-order valence-corrected chi connectivity index (χ4v) is 4.50. The number of nitro groups is 1. The van der Waals surface area contributed by atoms with Crippen LogP contribution in [0.1, 0.15) is 11.6 Å². The van der Waals surface area contributed by atoms with Gasteiger partial charge in [0.25, 0.3) is 11.6 Å². The quantitative estimate of drug-likeness (QED) is 0.305. The molecule has 3 aromatic rings. The minimum Gasteiger partial charge on any atom is -0.497 e. The standard InChI is InChI=1S/C24H18ClN3O6/c1-33-19-11-9-16(10-12-19)26-23(29)20-21(14-3-2-4-18(13-14)28(31)32)27(34-22(20)24(26)30)17-7-5-15(25)6-8-17/h2-13,20-22H,1H3. The van der Waals surface area contributed by atoms with Crippen molar-refractivity contribution in [1.29, 1.82) is 0 Å². The normalized spacial score (nSPS) is 21.6. The molecule has 172 valence electrons. The second kappa shape index (κ2) is 8.44. The second-order valence-corrected chi connectivity index (χ2v) is 8.30.